The highest BCUT2D eigenvalue weighted by Gasteiger charge is 2.09. The number of para-hydroxylation sites is 1. The largest absolute Gasteiger partial charge is 0.393 e. The van der Waals surface area contributed by atoms with E-state index in [2.05, 4.69) is 5.10 Å². The normalized spacial score (nSPS) is 12.7. The molecule has 0 unspecified atom stereocenters. The fraction of sp³-hybridized carbons (Fsp3) is 0.182. The third kappa shape index (κ3) is 2.06. The smallest absolute Gasteiger partial charge is 0.121 e. The van der Waals surface area contributed by atoms with Crippen LogP contribution in [0, 0.1) is 0 Å². The Balaban J connectivity index is 2.28. The minimum absolute atomic E-state index is 0.314. The lowest BCUT2D eigenvalue weighted by molar-refractivity contribution is 0.0919. The summed E-state index contributed by atoms with van der Waals surface area (Å²) in [5.74, 6) is 0. The number of hydrogen-bond donors (Lipinski definition) is 2. The standard InChI is InChI=1S/C11H12N2O2/c14-8-11(15)10-6-7-13(12-10)9-4-2-1-3-5-9/h1-7,11,14-15H,8H2/t11-/m1/s1. The maximum absolute atomic E-state index is 9.36. The van der Waals surface area contributed by atoms with E-state index in [0.717, 1.165) is 5.69 Å². The lowest BCUT2D eigenvalue weighted by atomic mass is 10.3. The van der Waals surface area contributed by atoms with E-state index >= 15 is 0 Å². The first-order valence-electron chi connectivity index (χ1n) is 4.71. The van der Waals surface area contributed by atoms with Gasteiger partial charge in [0.15, 0.2) is 0 Å². The highest BCUT2D eigenvalue weighted by atomic mass is 16.3. The molecule has 0 radical (unpaired) electrons. The Kier molecular flexibility index (Phi) is 2.80. The second kappa shape index (κ2) is 4.25. The van der Waals surface area contributed by atoms with Gasteiger partial charge in [-0.15, -0.1) is 0 Å². The fourth-order valence-electron chi connectivity index (χ4n) is 1.33. The topological polar surface area (TPSA) is 58.3 Å². The van der Waals surface area contributed by atoms with Crippen LogP contribution in [0.15, 0.2) is 42.6 Å². The molecule has 0 aliphatic heterocycles. The van der Waals surface area contributed by atoms with Crippen molar-refractivity contribution in [2.45, 2.75) is 6.10 Å². The Bertz CT molecular complexity index is 425. The van der Waals surface area contributed by atoms with E-state index in [1.165, 1.54) is 0 Å². The van der Waals surface area contributed by atoms with Gasteiger partial charge >= 0.3 is 0 Å². The maximum Gasteiger partial charge on any atom is 0.121 e. The molecule has 1 aromatic carbocycles. The minimum atomic E-state index is -0.907. The van der Waals surface area contributed by atoms with Crippen LogP contribution in [-0.4, -0.2) is 26.6 Å². The Morgan fingerprint density at radius 2 is 1.93 bits per heavy atom. The molecule has 0 bridgehead atoms. The Labute approximate surface area is 87.4 Å². The van der Waals surface area contributed by atoms with Crippen LogP contribution in [0.1, 0.15) is 11.8 Å². The maximum atomic E-state index is 9.36. The second-order valence-corrected chi connectivity index (χ2v) is 3.22. The lowest BCUT2D eigenvalue weighted by Gasteiger charge is -2.02. The molecule has 0 aliphatic rings. The number of hydrogen-bond acceptors (Lipinski definition) is 3. The van der Waals surface area contributed by atoms with Crippen molar-refractivity contribution in [3.63, 3.8) is 0 Å². The van der Waals surface area contributed by atoms with Crippen molar-refractivity contribution >= 4 is 0 Å². The number of aliphatic hydroxyl groups excluding tert-OH is 2. The zero-order valence-corrected chi connectivity index (χ0v) is 8.11. The Morgan fingerprint density at radius 1 is 1.20 bits per heavy atom. The van der Waals surface area contributed by atoms with Crippen molar-refractivity contribution in [1.29, 1.82) is 0 Å². The van der Waals surface area contributed by atoms with E-state index < -0.39 is 6.10 Å². The quantitative estimate of drug-likeness (QED) is 0.780. The number of benzene rings is 1. The predicted octanol–water partition coefficient (Wildman–Crippen LogP) is 0.898. The van der Waals surface area contributed by atoms with E-state index in [1.807, 2.05) is 30.3 Å². The summed E-state index contributed by atoms with van der Waals surface area (Å²) in [6, 6.07) is 11.3. The van der Waals surface area contributed by atoms with Crippen molar-refractivity contribution in [1.82, 2.24) is 9.78 Å². The summed E-state index contributed by atoms with van der Waals surface area (Å²) >= 11 is 0. The molecule has 0 aliphatic carbocycles. The highest BCUT2D eigenvalue weighted by Crippen LogP contribution is 2.12. The van der Waals surface area contributed by atoms with E-state index in [0.29, 0.717) is 5.69 Å². The first-order chi connectivity index (χ1) is 7.31. The summed E-state index contributed by atoms with van der Waals surface area (Å²) in [7, 11) is 0. The molecular formula is C11H12N2O2. The third-order valence-corrected chi connectivity index (χ3v) is 2.14. The van der Waals surface area contributed by atoms with E-state index in [-0.39, 0.29) is 6.61 Å². The third-order valence-electron chi connectivity index (χ3n) is 2.14. The lowest BCUT2D eigenvalue weighted by Crippen LogP contribution is -2.04. The molecule has 2 N–H and O–H groups in total. The Morgan fingerprint density at radius 3 is 2.60 bits per heavy atom. The number of aliphatic hydroxyl groups is 2. The van der Waals surface area contributed by atoms with Gasteiger partial charge in [-0.3, -0.25) is 0 Å². The van der Waals surface area contributed by atoms with Crippen LogP contribution < -0.4 is 0 Å². The van der Waals surface area contributed by atoms with Crippen molar-refractivity contribution in [2.24, 2.45) is 0 Å². The van der Waals surface area contributed by atoms with Gasteiger partial charge < -0.3 is 10.2 Å². The van der Waals surface area contributed by atoms with E-state index in [4.69, 9.17) is 5.11 Å². The first-order valence-corrected chi connectivity index (χ1v) is 4.71. The number of rotatable bonds is 3. The average Bonchev–Trinajstić information content (AvgIpc) is 2.78. The summed E-state index contributed by atoms with van der Waals surface area (Å²) in [5.41, 5.74) is 1.40. The van der Waals surface area contributed by atoms with Crippen LogP contribution in [0.2, 0.25) is 0 Å². The molecule has 4 nitrogen and oxygen atoms in total. The van der Waals surface area contributed by atoms with Crippen LogP contribution in [-0.2, 0) is 0 Å². The fourth-order valence-corrected chi connectivity index (χ4v) is 1.33. The van der Waals surface area contributed by atoms with Gasteiger partial charge in [-0.05, 0) is 18.2 Å². The van der Waals surface area contributed by atoms with Crippen LogP contribution >= 0.6 is 0 Å². The summed E-state index contributed by atoms with van der Waals surface area (Å²) < 4.78 is 1.66. The zero-order chi connectivity index (χ0) is 10.7. The molecule has 1 atom stereocenters. The monoisotopic (exact) mass is 204 g/mol. The van der Waals surface area contributed by atoms with Crippen LogP contribution in [0.3, 0.4) is 0 Å². The summed E-state index contributed by atoms with van der Waals surface area (Å²) in [4.78, 5) is 0. The molecule has 0 saturated carbocycles. The number of nitrogens with zero attached hydrogens (tertiary/aromatic N) is 2. The molecule has 1 aromatic heterocycles. The minimum Gasteiger partial charge on any atom is -0.393 e. The molecule has 2 aromatic rings. The summed E-state index contributed by atoms with van der Waals surface area (Å²) in [5, 5.41) is 22.3. The molecule has 78 valence electrons. The van der Waals surface area contributed by atoms with Gasteiger partial charge in [-0.25, -0.2) is 4.68 Å². The average molecular weight is 204 g/mol. The molecule has 0 fully saturated rings. The molecule has 0 saturated heterocycles. The van der Waals surface area contributed by atoms with Crippen molar-refractivity contribution < 1.29 is 10.2 Å². The molecule has 0 spiro atoms. The number of aromatic nitrogens is 2. The van der Waals surface area contributed by atoms with Crippen molar-refractivity contribution in [2.75, 3.05) is 6.61 Å². The van der Waals surface area contributed by atoms with Gasteiger partial charge in [0.2, 0.25) is 0 Å². The van der Waals surface area contributed by atoms with Crippen LogP contribution in [0.5, 0.6) is 0 Å². The van der Waals surface area contributed by atoms with Crippen LogP contribution in [0.4, 0.5) is 0 Å². The molecule has 15 heavy (non-hydrogen) atoms. The SMILES string of the molecule is OC[C@@H](O)c1ccn(-c2ccccc2)n1. The molecule has 1 heterocycles. The molecule has 4 heteroatoms. The molecule has 0 amide bonds. The molecular weight excluding hydrogens is 192 g/mol. The highest BCUT2D eigenvalue weighted by molar-refractivity contribution is 5.30. The van der Waals surface area contributed by atoms with Crippen molar-refractivity contribution in [3.8, 4) is 5.69 Å². The van der Waals surface area contributed by atoms with Gasteiger partial charge in [0, 0.05) is 6.20 Å². The van der Waals surface area contributed by atoms with E-state index in [1.54, 1.807) is 16.9 Å². The zero-order valence-electron chi connectivity index (χ0n) is 8.11. The van der Waals surface area contributed by atoms with Crippen molar-refractivity contribution in [3.05, 3.63) is 48.3 Å². The van der Waals surface area contributed by atoms with Gasteiger partial charge in [-0.1, -0.05) is 18.2 Å². The van der Waals surface area contributed by atoms with E-state index in [9.17, 15) is 5.11 Å². The van der Waals surface area contributed by atoms with Gasteiger partial charge in [-0.2, -0.15) is 5.10 Å². The van der Waals surface area contributed by atoms with Gasteiger partial charge in [0.05, 0.1) is 18.0 Å². The van der Waals surface area contributed by atoms with Crippen LogP contribution in [0.25, 0.3) is 5.69 Å². The predicted molar refractivity (Wildman–Crippen MR) is 55.6 cm³/mol. The second-order valence-electron chi connectivity index (χ2n) is 3.22. The molecule has 2 rings (SSSR count). The summed E-state index contributed by atoms with van der Waals surface area (Å²) in [6.07, 6.45) is 0.846. The summed E-state index contributed by atoms with van der Waals surface area (Å²) in [6.45, 7) is -0.314. The van der Waals surface area contributed by atoms with Gasteiger partial charge in [0.1, 0.15) is 6.10 Å². The first kappa shape index (κ1) is 9.89. The Hall–Kier alpha value is -1.65. The van der Waals surface area contributed by atoms with Gasteiger partial charge in [0.25, 0.3) is 0 Å².